The maximum absolute atomic E-state index is 5.47. The lowest BCUT2D eigenvalue weighted by Crippen LogP contribution is -2.33. The number of hydrogen-bond donors (Lipinski definition) is 0. The van der Waals surface area contributed by atoms with Crippen LogP contribution in [0.3, 0.4) is 0 Å². The second-order valence-electron chi connectivity index (χ2n) is 16.5. The molecule has 4 aliphatic carbocycles. The Bertz CT molecular complexity index is 2550. The molecule has 0 fully saturated rings. The van der Waals surface area contributed by atoms with Crippen LogP contribution in [0.15, 0.2) is 162 Å². The number of benzene rings is 3. The van der Waals surface area contributed by atoms with E-state index < -0.39 is 0 Å². The minimum Gasteiger partial charge on any atom is -0.284 e. The Balaban J connectivity index is 1.10. The minimum absolute atomic E-state index is 0.00383. The summed E-state index contributed by atoms with van der Waals surface area (Å²) in [6.07, 6.45) is 32.1. The van der Waals surface area contributed by atoms with Gasteiger partial charge in [-0.1, -0.05) is 128 Å². The standard InChI is InChI=1S/C53H48N4/c1-53-28-7-4-17-47(53)46(16-11-29-53)42-32-41(45-15-10-13-36-12-2-3-14-44(36)45)33-43(34-42)52-56-50(39-24-20-37(21-25-39)48-18-5-8-30-54-48)35-51(57-52)40-26-22-38(23-27-40)49-19-6-9-31-55-49/h2,4-6,8,10,12-13,15-27,30,32,34-35,43,47H,3,7,9,11,14,28-29,31,33H2,1H3. The predicted molar refractivity (Wildman–Crippen MR) is 236 cm³/mol. The highest BCUT2D eigenvalue weighted by Gasteiger charge is 2.39. The van der Waals surface area contributed by atoms with E-state index >= 15 is 0 Å². The van der Waals surface area contributed by atoms with Crippen LogP contribution in [0.4, 0.5) is 0 Å². The first-order chi connectivity index (χ1) is 28.1. The Morgan fingerprint density at radius 3 is 2.19 bits per heavy atom. The number of allylic oxidation sites excluding steroid dienone is 10. The van der Waals surface area contributed by atoms with Crippen LogP contribution in [-0.4, -0.2) is 27.2 Å². The molecule has 0 saturated heterocycles. The smallest absolute Gasteiger partial charge is 0.136 e. The van der Waals surface area contributed by atoms with Gasteiger partial charge in [0.25, 0.3) is 0 Å². The van der Waals surface area contributed by atoms with Gasteiger partial charge in [0.15, 0.2) is 0 Å². The lowest BCUT2D eigenvalue weighted by molar-refractivity contribution is 0.198. The molecule has 3 atom stereocenters. The van der Waals surface area contributed by atoms with E-state index in [1.54, 1.807) is 0 Å². The number of dihydropyridines is 1. The van der Waals surface area contributed by atoms with Gasteiger partial charge in [-0.25, -0.2) is 9.97 Å². The fourth-order valence-electron chi connectivity index (χ4n) is 9.67. The topological polar surface area (TPSA) is 51.0 Å². The quantitative estimate of drug-likeness (QED) is 0.156. The summed E-state index contributed by atoms with van der Waals surface area (Å²) >= 11 is 0. The van der Waals surface area contributed by atoms with E-state index in [2.05, 4.69) is 145 Å². The highest BCUT2D eigenvalue weighted by molar-refractivity contribution is 6.09. The van der Waals surface area contributed by atoms with Crippen molar-refractivity contribution in [2.75, 3.05) is 6.54 Å². The van der Waals surface area contributed by atoms with Gasteiger partial charge in [-0.05, 0) is 120 Å². The molecule has 280 valence electrons. The van der Waals surface area contributed by atoms with Crippen molar-refractivity contribution in [3.63, 3.8) is 0 Å². The number of aromatic nitrogens is 3. The molecule has 5 aromatic rings. The van der Waals surface area contributed by atoms with Crippen molar-refractivity contribution in [2.24, 2.45) is 16.3 Å². The van der Waals surface area contributed by atoms with Crippen molar-refractivity contribution in [2.45, 2.75) is 64.2 Å². The number of fused-ring (bicyclic) bond motifs is 2. The highest BCUT2D eigenvalue weighted by atomic mass is 14.9. The molecule has 2 aromatic heterocycles. The Morgan fingerprint density at radius 2 is 1.44 bits per heavy atom. The van der Waals surface area contributed by atoms with Gasteiger partial charge in [-0.15, -0.1) is 0 Å². The summed E-state index contributed by atoms with van der Waals surface area (Å²) in [5.74, 6) is 1.29. The maximum Gasteiger partial charge on any atom is 0.136 e. The molecule has 0 radical (unpaired) electrons. The summed E-state index contributed by atoms with van der Waals surface area (Å²) in [5.41, 5.74) is 16.9. The van der Waals surface area contributed by atoms with Crippen molar-refractivity contribution in [1.82, 2.24) is 15.0 Å². The van der Waals surface area contributed by atoms with Crippen LogP contribution in [-0.2, 0) is 6.42 Å². The average molecular weight is 741 g/mol. The molecule has 5 aliphatic rings. The Labute approximate surface area is 337 Å². The normalized spacial score (nSPS) is 22.5. The van der Waals surface area contributed by atoms with E-state index in [-0.39, 0.29) is 11.3 Å². The van der Waals surface area contributed by atoms with Gasteiger partial charge in [0.2, 0.25) is 0 Å². The van der Waals surface area contributed by atoms with Crippen LogP contribution < -0.4 is 0 Å². The third kappa shape index (κ3) is 7.03. The molecule has 4 heteroatoms. The summed E-state index contributed by atoms with van der Waals surface area (Å²) in [6, 6.07) is 32.5. The van der Waals surface area contributed by atoms with Crippen LogP contribution in [0.25, 0.3) is 45.4 Å². The zero-order chi connectivity index (χ0) is 38.2. The van der Waals surface area contributed by atoms with E-state index in [1.807, 2.05) is 18.3 Å². The zero-order valence-electron chi connectivity index (χ0n) is 32.7. The van der Waals surface area contributed by atoms with E-state index in [0.717, 1.165) is 89.5 Å². The molecule has 1 aliphatic heterocycles. The lowest BCUT2D eigenvalue weighted by Gasteiger charge is -2.44. The summed E-state index contributed by atoms with van der Waals surface area (Å²) in [5, 5.41) is 0. The predicted octanol–water partition coefficient (Wildman–Crippen LogP) is 12.8. The van der Waals surface area contributed by atoms with E-state index in [4.69, 9.17) is 15.0 Å². The molecule has 3 unspecified atom stereocenters. The molecule has 0 N–H and O–H groups in total. The highest BCUT2D eigenvalue weighted by Crippen LogP contribution is 2.52. The summed E-state index contributed by atoms with van der Waals surface area (Å²) < 4.78 is 0. The summed E-state index contributed by atoms with van der Waals surface area (Å²) in [4.78, 5) is 20.3. The van der Waals surface area contributed by atoms with Crippen LogP contribution in [0, 0.1) is 11.3 Å². The fraction of sp³-hybridized carbons (Fsp3) is 0.245. The third-order valence-corrected chi connectivity index (χ3v) is 12.8. The van der Waals surface area contributed by atoms with Gasteiger partial charge in [0, 0.05) is 41.3 Å². The lowest BCUT2D eigenvalue weighted by atomic mass is 9.61. The van der Waals surface area contributed by atoms with E-state index in [1.165, 1.54) is 52.7 Å². The molecule has 10 rings (SSSR count). The first-order valence-corrected chi connectivity index (χ1v) is 20.9. The SMILES string of the molecule is CC12CCC=CC1C(C1=CC(c3nc(-c4ccc(C5=NCCC=C5)cc4)cc(-c4ccc(-c5ccccn5)cc4)n3)CC(c3cccc4c3CCC=C4)=C1)=CCC2. The van der Waals surface area contributed by atoms with Crippen molar-refractivity contribution in [3.8, 4) is 33.8 Å². The van der Waals surface area contributed by atoms with Crippen LogP contribution in [0.1, 0.15) is 85.9 Å². The second-order valence-corrected chi connectivity index (χ2v) is 16.5. The second kappa shape index (κ2) is 15.2. The molecule has 0 spiro atoms. The molecule has 0 amide bonds. The molecular formula is C53H48N4. The first kappa shape index (κ1) is 35.4. The van der Waals surface area contributed by atoms with Gasteiger partial charge in [0.1, 0.15) is 5.82 Å². The van der Waals surface area contributed by atoms with E-state index in [9.17, 15) is 0 Å². The molecule has 4 nitrogen and oxygen atoms in total. The number of nitrogens with zero attached hydrogens (tertiary/aromatic N) is 4. The van der Waals surface area contributed by atoms with Gasteiger partial charge < -0.3 is 0 Å². The zero-order valence-corrected chi connectivity index (χ0v) is 32.7. The Kier molecular flexibility index (Phi) is 9.42. The Morgan fingerprint density at radius 1 is 0.684 bits per heavy atom. The van der Waals surface area contributed by atoms with Gasteiger partial charge >= 0.3 is 0 Å². The molecule has 3 heterocycles. The molecule has 0 bridgehead atoms. The van der Waals surface area contributed by atoms with Crippen molar-refractivity contribution < 1.29 is 0 Å². The summed E-state index contributed by atoms with van der Waals surface area (Å²) in [7, 11) is 0. The first-order valence-electron chi connectivity index (χ1n) is 20.9. The number of rotatable bonds is 7. The maximum atomic E-state index is 5.47. The Hall–Kier alpha value is -6.00. The van der Waals surface area contributed by atoms with Gasteiger partial charge in [-0.2, -0.15) is 0 Å². The largest absolute Gasteiger partial charge is 0.284 e. The summed E-state index contributed by atoms with van der Waals surface area (Å²) in [6.45, 7) is 3.36. The van der Waals surface area contributed by atoms with Crippen molar-refractivity contribution in [3.05, 3.63) is 185 Å². The van der Waals surface area contributed by atoms with Crippen molar-refractivity contribution >= 4 is 17.4 Å². The monoisotopic (exact) mass is 740 g/mol. The molecule has 57 heavy (non-hydrogen) atoms. The van der Waals surface area contributed by atoms with E-state index in [0.29, 0.717) is 5.92 Å². The van der Waals surface area contributed by atoms with Crippen LogP contribution in [0.2, 0.25) is 0 Å². The molecule has 0 saturated carbocycles. The third-order valence-electron chi connectivity index (χ3n) is 12.8. The number of pyridine rings is 1. The number of hydrogen-bond acceptors (Lipinski definition) is 4. The van der Waals surface area contributed by atoms with Crippen molar-refractivity contribution in [1.29, 1.82) is 0 Å². The minimum atomic E-state index is 0.00383. The molecule has 3 aromatic carbocycles. The van der Waals surface area contributed by atoms with Gasteiger partial charge in [0.05, 0.1) is 22.8 Å². The van der Waals surface area contributed by atoms with Crippen LogP contribution in [0.5, 0.6) is 0 Å². The number of aliphatic imine (C=N–C) groups is 1. The molecular weight excluding hydrogens is 693 g/mol. The van der Waals surface area contributed by atoms with Crippen LogP contribution >= 0.6 is 0 Å². The van der Waals surface area contributed by atoms with Gasteiger partial charge in [-0.3, -0.25) is 9.98 Å². The fourth-order valence-corrected chi connectivity index (χ4v) is 9.67. The average Bonchev–Trinajstić information content (AvgIpc) is 3.29.